The molecule has 0 spiro atoms. The van der Waals surface area contributed by atoms with Crippen LogP contribution in [-0.4, -0.2) is 43.7 Å². The second-order valence-corrected chi connectivity index (χ2v) is 6.14. The van der Waals surface area contributed by atoms with Crippen molar-refractivity contribution in [3.63, 3.8) is 0 Å². The normalized spacial score (nSPS) is 16.5. The molecule has 4 heteroatoms. The Morgan fingerprint density at radius 3 is 2.26 bits per heavy atom. The van der Waals surface area contributed by atoms with Gasteiger partial charge in [0, 0.05) is 6.04 Å². The lowest BCUT2D eigenvalue weighted by Crippen LogP contribution is -2.37. The maximum absolute atomic E-state index is 12.0. The van der Waals surface area contributed by atoms with Crippen molar-refractivity contribution >= 4 is 5.97 Å². The van der Waals surface area contributed by atoms with E-state index in [2.05, 4.69) is 18.7 Å². The number of carbonyl (C=O) groups excluding carboxylic acids is 1. The first-order valence-corrected chi connectivity index (χ1v) is 8.75. The molecule has 0 amide bonds. The van der Waals surface area contributed by atoms with Crippen LogP contribution >= 0.6 is 0 Å². The Kier molecular flexibility index (Phi) is 6.46. The maximum Gasteiger partial charge on any atom is 0.341 e. The van der Waals surface area contributed by atoms with Crippen molar-refractivity contribution in [1.82, 2.24) is 4.90 Å². The molecule has 0 N–H and O–H groups in total. The molecule has 1 unspecified atom stereocenters. The minimum absolute atomic E-state index is 0.321. The Bertz CT molecular complexity index is 536. The smallest absolute Gasteiger partial charge is 0.341 e. The first-order chi connectivity index (χ1) is 11.1. The molecular formula is C19H29NO3. The van der Waals surface area contributed by atoms with Crippen LogP contribution in [0.15, 0.2) is 12.1 Å². The second kappa shape index (κ2) is 8.34. The average Bonchev–Trinajstić information content (AvgIpc) is 2.96. The number of benzene rings is 1. The summed E-state index contributed by atoms with van der Waals surface area (Å²) < 4.78 is 10.6. The lowest BCUT2D eigenvalue weighted by atomic mass is 10.1. The van der Waals surface area contributed by atoms with Crippen molar-refractivity contribution in [2.45, 2.75) is 52.5 Å². The highest BCUT2D eigenvalue weighted by Crippen LogP contribution is 2.32. The largest absolute Gasteiger partial charge is 0.493 e. The number of nitrogens with zero attached hydrogens (tertiary/aromatic N) is 1. The third-order valence-electron chi connectivity index (χ3n) is 4.46. The Morgan fingerprint density at radius 1 is 1.13 bits per heavy atom. The van der Waals surface area contributed by atoms with E-state index in [9.17, 15) is 4.79 Å². The Morgan fingerprint density at radius 2 is 1.74 bits per heavy atom. The lowest BCUT2D eigenvalue weighted by molar-refractivity contribution is 0.0596. The highest BCUT2D eigenvalue weighted by Gasteiger charge is 2.28. The summed E-state index contributed by atoms with van der Waals surface area (Å²) in [6.07, 6.45) is 4.39. The van der Waals surface area contributed by atoms with Gasteiger partial charge in [-0.1, -0.05) is 13.8 Å². The Hall–Kier alpha value is -1.55. The third-order valence-corrected chi connectivity index (χ3v) is 4.46. The monoisotopic (exact) mass is 319 g/mol. The molecule has 1 aromatic rings. The molecule has 2 rings (SSSR count). The van der Waals surface area contributed by atoms with E-state index in [-0.39, 0.29) is 5.97 Å². The fourth-order valence-electron chi connectivity index (χ4n) is 3.48. The van der Waals surface area contributed by atoms with Gasteiger partial charge in [0.1, 0.15) is 11.3 Å². The molecule has 1 aromatic carbocycles. The van der Waals surface area contributed by atoms with E-state index in [0.717, 1.165) is 25.9 Å². The van der Waals surface area contributed by atoms with Crippen LogP contribution in [0.1, 0.15) is 55.1 Å². The number of carbonyl (C=O) groups is 1. The first-order valence-electron chi connectivity index (χ1n) is 8.75. The number of ether oxygens (including phenoxy) is 2. The summed E-state index contributed by atoms with van der Waals surface area (Å²) in [4.78, 5) is 14.6. The molecule has 0 saturated carbocycles. The Balaban J connectivity index is 2.25. The molecule has 1 aliphatic carbocycles. The van der Waals surface area contributed by atoms with Crippen molar-refractivity contribution in [3.8, 4) is 5.75 Å². The summed E-state index contributed by atoms with van der Waals surface area (Å²) in [5.41, 5.74) is 3.12. The van der Waals surface area contributed by atoms with Gasteiger partial charge in [-0.15, -0.1) is 0 Å². The molecule has 0 aromatic heterocycles. The zero-order chi connectivity index (χ0) is 16.8. The summed E-state index contributed by atoms with van der Waals surface area (Å²) in [6.45, 7) is 9.20. The molecule has 0 saturated heterocycles. The summed E-state index contributed by atoms with van der Waals surface area (Å²) in [6, 6.07) is 4.55. The van der Waals surface area contributed by atoms with Crippen molar-refractivity contribution in [2.75, 3.05) is 26.8 Å². The van der Waals surface area contributed by atoms with Crippen LogP contribution in [0.4, 0.5) is 0 Å². The molecule has 0 heterocycles. The number of fused-ring (bicyclic) bond motifs is 1. The maximum atomic E-state index is 12.0. The van der Waals surface area contributed by atoms with Gasteiger partial charge in [0.2, 0.25) is 0 Å². The van der Waals surface area contributed by atoms with Gasteiger partial charge in [-0.3, -0.25) is 4.90 Å². The standard InChI is InChI=1S/C19H29NO3/c1-5-8-20(9-6-2)16-10-14-12-17(19(21)22-4)18(23-7-3)13-15(14)11-16/h12-13,16H,5-11H2,1-4H3. The molecule has 23 heavy (non-hydrogen) atoms. The minimum atomic E-state index is -0.321. The van der Waals surface area contributed by atoms with Gasteiger partial charge < -0.3 is 9.47 Å². The van der Waals surface area contributed by atoms with E-state index >= 15 is 0 Å². The van der Waals surface area contributed by atoms with Gasteiger partial charge in [-0.05, 0) is 69.0 Å². The van der Waals surface area contributed by atoms with Crippen LogP contribution in [0.5, 0.6) is 5.75 Å². The number of esters is 1. The van der Waals surface area contributed by atoms with Crippen LogP contribution in [0.25, 0.3) is 0 Å². The van der Waals surface area contributed by atoms with Gasteiger partial charge in [0.05, 0.1) is 13.7 Å². The predicted octanol–water partition coefficient (Wildman–Crippen LogP) is 3.46. The van der Waals surface area contributed by atoms with Crippen LogP contribution in [0, 0.1) is 0 Å². The number of rotatable bonds is 8. The molecule has 0 fully saturated rings. The van der Waals surface area contributed by atoms with Crippen molar-refractivity contribution in [1.29, 1.82) is 0 Å². The summed E-state index contributed by atoms with van der Waals surface area (Å²) >= 11 is 0. The van der Waals surface area contributed by atoms with Gasteiger partial charge >= 0.3 is 5.97 Å². The van der Waals surface area contributed by atoms with Crippen molar-refractivity contribution < 1.29 is 14.3 Å². The van der Waals surface area contributed by atoms with E-state index in [1.165, 1.54) is 31.1 Å². The number of methoxy groups -OCH3 is 1. The van der Waals surface area contributed by atoms with E-state index < -0.39 is 0 Å². The summed E-state index contributed by atoms with van der Waals surface area (Å²) in [5.74, 6) is 0.329. The van der Waals surface area contributed by atoms with E-state index in [4.69, 9.17) is 9.47 Å². The van der Waals surface area contributed by atoms with Crippen LogP contribution < -0.4 is 4.74 Å². The van der Waals surface area contributed by atoms with E-state index in [1.54, 1.807) is 0 Å². The highest BCUT2D eigenvalue weighted by molar-refractivity contribution is 5.93. The molecule has 1 aliphatic rings. The predicted molar refractivity (Wildman–Crippen MR) is 92.3 cm³/mol. The molecule has 0 aliphatic heterocycles. The van der Waals surface area contributed by atoms with Crippen LogP contribution in [-0.2, 0) is 17.6 Å². The topological polar surface area (TPSA) is 38.8 Å². The fourth-order valence-corrected chi connectivity index (χ4v) is 3.48. The third kappa shape index (κ3) is 4.05. The van der Waals surface area contributed by atoms with Gasteiger partial charge in [0.15, 0.2) is 0 Å². The average molecular weight is 319 g/mol. The molecule has 1 atom stereocenters. The minimum Gasteiger partial charge on any atom is -0.493 e. The highest BCUT2D eigenvalue weighted by atomic mass is 16.5. The lowest BCUT2D eigenvalue weighted by Gasteiger charge is -2.27. The number of hydrogen-bond donors (Lipinski definition) is 0. The molecule has 4 nitrogen and oxygen atoms in total. The van der Waals surface area contributed by atoms with Crippen molar-refractivity contribution in [2.24, 2.45) is 0 Å². The quantitative estimate of drug-likeness (QED) is 0.688. The van der Waals surface area contributed by atoms with Crippen LogP contribution in [0.3, 0.4) is 0 Å². The zero-order valence-corrected chi connectivity index (χ0v) is 14.9. The second-order valence-electron chi connectivity index (χ2n) is 6.14. The summed E-state index contributed by atoms with van der Waals surface area (Å²) in [7, 11) is 1.42. The fraction of sp³-hybridized carbons (Fsp3) is 0.632. The molecule has 0 radical (unpaired) electrons. The molecular weight excluding hydrogens is 290 g/mol. The first kappa shape index (κ1) is 17.8. The SMILES string of the molecule is CCCN(CCC)C1Cc2cc(OCC)c(C(=O)OC)cc2C1. The molecule has 128 valence electrons. The zero-order valence-electron chi connectivity index (χ0n) is 14.9. The van der Waals surface area contributed by atoms with Crippen LogP contribution in [0.2, 0.25) is 0 Å². The van der Waals surface area contributed by atoms with E-state index in [0.29, 0.717) is 24.0 Å². The van der Waals surface area contributed by atoms with Gasteiger partial charge in [-0.2, -0.15) is 0 Å². The number of hydrogen-bond acceptors (Lipinski definition) is 4. The Labute approximate surface area is 139 Å². The molecule has 0 bridgehead atoms. The summed E-state index contributed by atoms with van der Waals surface area (Å²) in [5, 5.41) is 0. The van der Waals surface area contributed by atoms with Crippen molar-refractivity contribution in [3.05, 3.63) is 28.8 Å². The van der Waals surface area contributed by atoms with E-state index in [1.807, 2.05) is 19.1 Å². The van der Waals surface area contributed by atoms with Gasteiger partial charge in [0.25, 0.3) is 0 Å². The van der Waals surface area contributed by atoms with Gasteiger partial charge in [-0.25, -0.2) is 4.79 Å².